The zero-order valence-electron chi connectivity index (χ0n) is 12.0. The summed E-state index contributed by atoms with van der Waals surface area (Å²) < 4.78 is 1.52. The third-order valence-corrected chi connectivity index (χ3v) is 3.21. The van der Waals surface area contributed by atoms with Gasteiger partial charge in [-0.2, -0.15) is 5.10 Å². The minimum Gasteiger partial charge on any atom is -0.326 e. The van der Waals surface area contributed by atoms with E-state index in [4.69, 9.17) is 17.3 Å². The van der Waals surface area contributed by atoms with Gasteiger partial charge in [-0.25, -0.2) is 9.67 Å². The van der Waals surface area contributed by atoms with Gasteiger partial charge in [-0.15, -0.1) is 0 Å². The number of nitrogens with zero attached hydrogens (tertiary/aromatic N) is 3. The Labute approximate surface area is 128 Å². The van der Waals surface area contributed by atoms with E-state index in [0.29, 0.717) is 29.2 Å². The number of carbonyl (C=O) groups excluding carboxylic acids is 1. The molecule has 0 saturated heterocycles. The maximum absolute atomic E-state index is 12.0. The van der Waals surface area contributed by atoms with Crippen LogP contribution in [0, 0.1) is 0 Å². The lowest BCUT2D eigenvalue weighted by atomic mass is 10.00. The number of carbonyl (C=O) groups is 1. The molecule has 0 spiro atoms. The summed E-state index contributed by atoms with van der Waals surface area (Å²) in [6.45, 7) is 3.78. The summed E-state index contributed by atoms with van der Waals surface area (Å²) in [5.74, 6) is -0.114. The number of para-hydroxylation sites is 1. The summed E-state index contributed by atoms with van der Waals surface area (Å²) >= 11 is 6.19. The van der Waals surface area contributed by atoms with Crippen molar-refractivity contribution >= 4 is 23.2 Å². The van der Waals surface area contributed by atoms with Gasteiger partial charge in [0.05, 0.1) is 10.7 Å². The van der Waals surface area contributed by atoms with Crippen LogP contribution in [0.15, 0.2) is 30.9 Å². The van der Waals surface area contributed by atoms with E-state index < -0.39 is 0 Å². The van der Waals surface area contributed by atoms with Gasteiger partial charge in [0.25, 0.3) is 0 Å². The van der Waals surface area contributed by atoms with Crippen molar-refractivity contribution in [3.8, 4) is 5.69 Å². The van der Waals surface area contributed by atoms with E-state index >= 15 is 0 Å². The molecule has 0 bridgehead atoms. The fourth-order valence-corrected chi connectivity index (χ4v) is 2.08. The first kappa shape index (κ1) is 15.5. The molecule has 0 fully saturated rings. The third-order valence-electron chi connectivity index (χ3n) is 2.91. The van der Waals surface area contributed by atoms with Crippen LogP contribution in [0.1, 0.15) is 26.7 Å². The number of aromatic nitrogens is 3. The fourth-order valence-electron chi connectivity index (χ4n) is 1.82. The van der Waals surface area contributed by atoms with Crippen molar-refractivity contribution in [2.75, 3.05) is 5.32 Å². The van der Waals surface area contributed by atoms with Gasteiger partial charge >= 0.3 is 0 Å². The first-order valence-electron chi connectivity index (χ1n) is 6.59. The number of rotatable bonds is 5. The van der Waals surface area contributed by atoms with E-state index in [1.54, 1.807) is 18.2 Å². The Hall–Kier alpha value is -1.92. The molecule has 0 aliphatic heterocycles. The quantitative estimate of drug-likeness (QED) is 0.888. The van der Waals surface area contributed by atoms with Gasteiger partial charge in [-0.1, -0.05) is 17.7 Å². The van der Waals surface area contributed by atoms with E-state index in [2.05, 4.69) is 15.4 Å². The predicted octanol–water partition coefficient (Wildman–Crippen LogP) is 2.38. The minimum atomic E-state index is -0.375. The standard InChI is InChI=1S/C14H18ClN5O/c1-14(2,16)7-6-12(21)19-11-5-3-4-10(15)13(11)20-9-17-8-18-20/h3-5,8-9H,6-7,16H2,1-2H3,(H,19,21). The van der Waals surface area contributed by atoms with Crippen LogP contribution in [-0.2, 0) is 4.79 Å². The molecule has 0 saturated carbocycles. The Kier molecular flexibility index (Phi) is 4.59. The van der Waals surface area contributed by atoms with Crippen LogP contribution >= 0.6 is 11.6 Å². The highest BCUT2D eigenvalue weighted by Gasteiger charge is 2.16. The average molecular weight is 308 g/mol. The molecule has 112 valence electrons. The molecule has 2 rings (SSSR count). The molecular formula is C14H18ClN5O. The highest BCUT2D eigenvalue weighted by Crippen LogP contribution is 2.28. The van der Waals surface area contributed by atoms with Crippen molar-refractivity contribution in [3.05, 3.63) is 35.9 Å². The molecule has 1 aromatic carbocycles. The molecule has 1 aromatic heterocycles. The van der Waals surface area contributed by atoms with Crippen LogP contribution in [0.4, 0.5) is 5.69 Å². The van der Waals surface area contributed by atoms with E-state index in [1.165, 1.54) is 17.3 Å². The van der Waals surface area contributed by atoms with Crippen LogP contribution in [0.5, 0.6) is 0 Å². The summed E-state index contributed by atoms with van der Waals surface area (Å²) in [5, 5.41) is 7.38. The molecule has 7 heteroatoms. The SMILES string of the molecule is CC(C)(N)CCC(=O)Nc1cccc(Cl)c1-n1cncn1. The Morgan fingerprint density at radius 2 is 2.24 bits per heavy atom. The van der Waals surface area contributed by atoms with Gasteiger partial charge in [0, 0.05) is 12.0 Å². The van der Waals surface area contributed by atoms with Crippen molar-refractivity contribution in [2.24, 2.45) is 5.73 Å². The number of amides is 1. The molecule has 3 N–H and O–H groups in total. The Balaban J connectivity index is 2.17. The van der Waals surface area contributed by atoms with Crippen molar-refractivity contribution in [1.82, 2.24) is 14.8 Å². The normalized spacial score (nSPS) is 11.4. The number of hydrogen-bond acceptors (Lipinski definition) is 4. The fraction of sp³-hybridized carbons (Fsp3) is 0.357. The molecular weight excluding hydrogens is 290 g/mol. The van der Waals surface area contributed by atoms with Crippen LogP contribution in [0.2, 0.25) is 5.02 Å². The molecule has 0 aliphatic carbocycles. The Bertz CT molecular complexity index is 619. The van der Waals surface area contributed by atoms with Crippen molar-refractivity contribution < 1.29 is 4.79 Å². The lowest BCUT2D eigenvalue weighted by Crippen LogP contribution is -2.33. The molecule has 21 heavy (non-hydrogen) atoms. The van der Waals surface area contributed by atoms with Gasteiger partial charge in [0.1, 0.15) is 18.3 Å². The monoisotopic (exact) mass is 307 g/mol. The first-order chi connectivity index (χ1) is 9.87. The van der Waals surface area contributed by atoms with Gasteiger partial charge in [-0.05, 0) is 32.4 Å². The Morgan fingerprint density at radius 1 is 1.48 bits per heavy atom. The molecule has 0 atom stereocenters. The second-order valence-electron chi connectivity index (χ2n) is 5.51. The first-order valence-corrected chi connectivity index (χ1v) is 6.97. The van der Waals surface area contributed by atoms with Crippen LogP contribution in [0.3, 0.4) is 0 Å². The van der Waals surface area contributed by atoms with Gasteiger partial charge in [-0.3, -0.25) is 4.79 Å². The second kappa shape index (κ2) is 6.24. The molecule has 1 amide bonds. The van der Waals surface area contributed by atoms with Gasteiger partial charge in [0.2, 0.25) is 5.91 Å². The van der Waals surface area contributed by atoms with Crippen molar-refractivity contribution in [2.45, 2.75) is 32.2 Å². The molecule has 0 aliphatic rings. The summed E-state index contributed by atoms with van der Waals surface area (Å²) in [5.41, 5.74) is 6.70. The topological polar surface area (TPSA) is 85.8 Å². The number of hydrogen-bond donors (Lipinski definition) is 2. The average Bonchev–Trinajstić information content (AvgIpc) is 2.89. The second-order valence-corrected chi connectivity index (χ2v) is 5.92. The molecule has 0 unspecified atom stereocenters. The van der Waals surface area contributed by atoms with Crippen LogP contribution in [0.25, 0.3) is 5.69 Å². The van der Waals surface area contributed by atoms with E-state index in [1.807, 2.05) is 13.8 Å². The van der Waals surface area contributed by atoms with E-state index in [9.17, 15) is 4.79 Å². The van der Waals surface area contributed by atoms with Crippen LogP contribution < -0.4 is 11.1 Å². The zero-order valence-corrected chi connectivity index (χ0v) is 12.8. The number of anilines is 1. The highest BCUT2D eigenvalue weighted by molar-refractivity contribution is 6.33. The number of halogens is 1. The third kappa shape index (κ3) is 4.27. The van der Waals surface area contributed by atoms with E-state index in [0.717, 1.165) is 0 Å². The van der Waals surface area contributed by atoms with Crippen molar-refractivity contribution in [3.63, 3.8) is 0 Å². The van der Waals surface area contributed by atoms with Gasteiger partial charge in [0.15, 0.2) is 0 Å². The Morgan fingerprint density at radius 3 is 2.86 bits per heavy atom. The molecule has 6 nitrogen and oxygen atoms in total. The minimum absolute atomic E-state index is 0.114. The van der Waals surface area contributed by atoms with E-state index in [-0.39, 0.29) is 11.4 Å². The summed E-state index contributed by atoms with van der Waals surface area (Å²) in [6.07, 6.45) is 3.87. The lowest BCUT2D eigenvalue weighted by Gasteiger charge is -2.18. The highest BCUT2D eigenvalue weighted by atomic mass is 35.5. The number of benzene rings is 1. The summed E-state index contributed by atoms with van der Waals surface area (Å²) in [7, 11) is 0. The van der Waals surface area contributed by atoms with Crippen molar-refractivity contribution in [1.29, 1.82) is 0 Å². The maximum Gasteiger partial charge on any atom is 0.224 e. The predicted molar refractivity (Wildman–Crippen MR) is 82.5 cm³/mol. The molecule has 1 heterocycles. The number of nitrogens with two attached hydrogens (primary N) is 1. The van der Waals surface area contributed by atoms with Crippen LogP contribution in [-0.4, -0.2) is 26.2 Å². The van der Waals surface area contributed by atoms with Gasteiger partial charge < -0.3 is 11.1 Å². The molecule has 2 aromatic rings. The number of nitrogens with one attached hydrogen (secondary N) is 1. The molecule has 0 radical (unpaired) electrons. The summed E-state index contributed by atoms with van der Waals surface area (Å²) in [4.78, 5) is 15.9. The summed E-state index contributed by atoms with van der Waals surface area (Å²) in [6, 6.07) is 5.27. The lowest BCUT2D eigenvalue weighted by molar-refractivity contribution is -0.116. The maximum atomic E-state index is 12.0. The zero-order chi connectivity index (χ0) is 15.5. The smallest absolute Gasteiger partial charge is 0.224 e. The largest absolute Gasteiger partial charge is 0.326 e.